The van der Waals surface area contributed by atoms with Crippen molar-refractivity contribution in [2.45, 2.75) is 0 Å². The van der Waals surface area contributed by atoms with E-state index in [1.54, 1.807) is 35.6 Å². The molecular weight excluding hydrogens is 669 g/mol. The van der Waals surface area contributed by atoms with Gasteiger partial charge in [0.25, 0.3) is 0 Å². The van der Waals surface area contributed by atoms with Crippen LogP contribution >= 0.6 is 11.3 Å². The monoisotopic (exact) mass is 690 g/mol. The fourth-order valence-electron chi connectivity index (χ4n) is 8.16. The van der Waals surface area contributed by atoms with Crippen LogP contribution in [-0.2, 0) is 0 Å². The summed E-state index contributed by atoms with van der Waals surface area (Å²) in [5.41, 5.74) is 6.76. The second kappa shape index (κ2) is 11.4. The zero-order valence-electron chi connectivity index (χ0n) is 27.8. The van der Waals surface area contributed by atoms with E-state index in [0.717, 1.165) is 59.1 Å². The van der Waals surface area contributed by atoms with Gasteiger partial charge >= 0.3 is 0 Å². The van der Waals surface area contributed by atoms with Crippen LogP contribution in [0.2, 0.25) is 0 Å². The Morgan fingerprint density at radius 3 is 1.68 bits per heavy atom. The Kier molecular flexibility index (Phi) is 6.50. The van der Waals surface area contributed by atoms with Crippen molar-refractivity contribution in [1.29, 1.82) is 21.0 Å². The largest absolute Gasteiger partial charge is 0.307 e. The minimum atomic E-state index is 0.266. The van der Waals surface area contributed by atoms with Gasteiger partial charge in [0.2, 0.25) is 0 Å². The topological polar surface area (TPSA) is 105 Å². The molecule has 7 aromatic carbocycles. The van der Waals surface area contributed by atoms with Crippen molar-refractivity contribution in [2.24, 2.45) is 0 Å². The van der Waals surface area contributed by atoms with E-state index >= 15 is 0 Å². The van der Waals surface area contributed by atoms with Crippen LogP contribution in [0.25, 0.3) is 86.3 Å². The number of fused-ring (bicyclic) bond motifs is 10. The molecule has 0 bridgehead atoms. The maximum absolute atomic E-state index is 11.1. The molecule has 0 N–H and O–H groups in total. The first-order valence-corrected chi connectivity index (χ1v) is 17.7. The summed E-state index contributed by atoms with van der Waals surface area (Å²) < 4.78 is 6.45. The fourth-order valence-corrected chi connectivity index (χ4v) is 9.27. The maximum Gasteiger partial charge on any atom is 0.102 e. The van der Waals surface area contributed by atoms with Crippen LogP contribution in [0, 0.1) is 45.3 Å². The van der Waals surface area contributed by atoms with Crippen molar-refractivity contribution < 1.29 is 0 Å². The summed E-state index contributed by atoms with van der Waals surface area (Å²) in [5.74, 6) is 0. The van der Waals surface area contributed by atoms with E-state index in [1.807, 2.05) is 71.3 Å². The molecule has 10 aromatic rings. The van der Waals surface area contributed by atoms with Gasteiger partial charge in [-0.15, -0.1) is 11.3 Å². The zero-order valence-corrected chi connectivity index (χ0v) is 28.6. The standard InChI is InChI=1S/C46H22N6S/c47-23-27-21-29(25-49)46(52-39-15-7-3-11-33(39)43-40(52)19-20-42-44(43)34-12-4-8-16-41(34)53-42)35(22-27)30-18-17-28(24-48)45(36(30)26-50)51-37-13-5-1-9-31(37)32-10-2-6-14-38(32)51/h1-22H. The lowest BCUT2D eigenvalue weighted by molar-refractivity contribution is 1.15. The molecule has 0 fully saturated rings. The summed E-state index contributed by atoms with van der Waals surface area (Å²) in [4.78, 5) is 0. The molecule has 3 heterocycles. The van der Waals surface area contributed by atoms with Gasteiger partial charge in [0.1, 0.15) is 18.2 Å². The zero-order chi connectivity index (χ0) is 35.8. The Hall–Kier alpha value is -7.68. The molecule has 6 nitrogen and oxygen atoms in total. The van der Waals surface area contributed by atoms with Gasteiger partial charge in [-0.05, 0) is 54.6 Å². The van der Waals surface area contributed by atoms with Gasteiger partial charge in [-0.1, -0.05) is 78.9 Å². The minimum absolute atomic E-state index is 0.266. The van der Waals surface area contributed by atoms with Crippen LogP contribution < -0.4 is 0 Å². The highest BCUT2D eigenvalue weighted by atomic mass is 32.1. The molecule has 0 saturated heterocycles. The number of aromatic nitrogens is 2. The van der Waals surface area contributed by atoms with Gasteiger partial charge in [0.05, 0.1) is 61.8 Å². The van der Waals surface area contributed by atoms with Crippen LogP contribution in [0.5, 0.6) is 0 Å². The predicted octanol–water partition coefficient (Wildman–Crippen LogP) is 11.4. The molecule has 10 rings (SSSR count). The fraction of sp³-hybridized carbons (Fsp3) is 0. The third-order valence-electron chi connectivity index (χ3n) is 10.3. The van der Waals surface area contributed by atoms with Crippen LogP contribution in [0.3, 0.4) is 0 Å². The molecule has 0 unspecified atom stereocenters. The number of nitrogens with zero attached hydrogens (tertiary/aromatic N) is 6. The highest BCUT2D eigenvalue weighted by molar-refractivity contribution is 7.26. The molecule has 0 spiro atoms. The van der Waals surface area contributed by atoms with E-state index in [-0.39, 0.29) is 5.56 Å². The number of hydrogen-bond donors (Lipinski definition) is 0. The van der Waals surface area contributed by atoms with Gasteiger partial charge in [-0.2, -0.15) is 21.0 Å². The average molecular weight is 691 g/mol. The third-order valence-corrected chi connectivity index (χ3v) is 11.4. The van der Waals surface area contributed by atoms with Gasteiger partial charge in [-0.3, -0.25) is 0 Å². The van der Waals surface area contributed by atoms with E-state index in [4.69, 9.17) is 0 Å². The molecule has 53 heavy (non-hydrogen) atoms. The summed E-state index contributed by atoms with van der Waals surface area (Å²) in [5, 5.41) is 49.1. The number of nitriles is 4. The van der Waals surface area contributed by atoms with Gasteiger partial charge < -0.3 is 9.13 Å². The number of rotatable bonds is 3. The molecule has 0 saturated carbocycles. The quantitative estimate of drug-likeness (QED) is 0.184. The third kappa shape index (κ3) is 4.15. The molecule has 0 aliphatic rings. The Labute approximate surface area is 306 Å². The SMILES string of the molecule is N#Cc1cc(C#N)c(-n2c3ccccc3c3c4c(ccc32)sc2ccccc24)c(-c2ccc(C#N)c(-n3c4ccccc4c4ccccc43)c2C#N)c1. The molecule has 0 amide bonds. The second-order valence-electron chi connectivity index (χ2n) is 12.9. The van der Waals surface area contributed by atoms with Gasteiger partial charge in [0.15, 0.2) is 0 Å². The average Bonchev–Trinajstić information content (AvgIpc) is 3.87. The highest BCUT2D eigenvalue weighted by Gasteiger charge is 2.26. The minimum Gasteiger partial charge on any atom is -0.307 e. The number of benzene rings is 7. The first-order chi connectivity index (χ1) is 26.1. The summed E-state index contributed by atoms with van der Waals surface area (Å²) in [7, 11) is 0. The summed E-state index contributed by atoms with van der Waals surface area (Å²) in [6.45, 7) is 0. The first-order valence-electron chi connectivity index (χ1n) is 16.9. The second-order valence-corrected chi connectivity index (χ2v) is 14.0. The first kappa shape index (κ1) is 30.2. The Bertz CT molecular complexity index is 3350. The van der Waals surface area contributed by atoms with Crippen molar-refractivity contribution >= 4 is 75.1 Å². The van der Waals surface area contributed by atoms with E-state index in [9.17, 15) is 21.0 Å². The molecule has 7 heteroatoms. The lowest BCUT2D eigenvalue weighted by Crippen LogP contribution is -2.06. The van der Waals surface area contributed by atoms with E-state index in [1.165, 1.54) is 4.70 Å². The van der Waals surface area contributed by atoms with Crippen LogP contribution in [0.4, 0.5) is 0 Å². The Morgan fingerprint density at radius 2 is 1.02 bits per heavy atom. The van der Waals surface area contributed by atoms with Crippen molar-refractivity contribution in [3.63, 3.8) is 0 Å². The lowest BCUT2D eigenvalue weighted by Gasteiger charge is -2.20. The van der Waals surface area contributed by atoms with Gasteiger partial charge in [0, 0.05) is 52.8 Å². The maximum atomic E-state index is 11.1. The van der Waals surface area contributed by atoms with Crippen molar-refractivity contribution in [1.82, 2.24) is 9.13 Å². The van der Waals surface area contributed by atoms with Crippen molar-refractivity contribution in [2.75, 3.05) is 0 Å². The summed E-state index contributed by atoms with van der Waals surface area (Å²) in [6, 6.07) is 53.1. The van der Waals surface area contributed by atoms with Crippen LogP contribution in [0.1, 0.15) is 22.3 Å². The number of para-hydroxylation sites is 3. The summed E-state index contributed by atoms with van der Waals surface area (Å²) in [6.07, 6.45) is 0. The van der Waals surface area contributed by atoms with Crippen LogP contribution in [-0.4, -0.2) is 9.13 Å². The van der Waals surface area contributed by atoms with Crippen molar-refractivity contribution in [3.05, 3.63) is 156 Å². The molecule has 0 atom stereocenters. The normalized spacial score (nSPS) is 11.3. The van der Waals surface area contributed by atoms with E-state index in [0.29, 0.717) is 39.2 Å². The Morgan fingerprint density at radius 1 is 0.415 bits per heavy atom. The van der Waals surface area contributed by atoms with Crippen LogP contribution in [0.15, 0.2) is 133 Å². The highest BCUT2D eigenvalue weighted by Crippen LogP contribution is 2.46. The van der Waals surface area contributed by atoms with Gasteiger partial charge in [-0.25, -0.2) is 0 Å². The lowest BCUT2D eigenvalue weighted by atomic mass is 9.91. The molecule has 0 radical (unpaired) electrons. The van der Waals surface area contributed by atoms with Crippen molar-refractivity contribution in [3.8, 4) is 46.8 Å². The Balaban J connectivity index is 1.37. The predicted molar refractivity (Wildman–Crippen MR) is 212 cm³/mol. The summed E-state index contributed by atoms with van der Waals surface area (Å²) >= 11 is 1.75. The molecule has 0 aliphatic carbocycles. The molecule has 3 aromatic heterocycles. The molecular formula is C46H22N6S. The number of thiophene rings is 1. The smallest absolute Gasteiger partial charge is 0.102 e. The number of hydrogen-bond acceptors (Lipinski definition) is 5. The van der Waals surface area contributed by atoms with E-state index in [2.05, 4.69) is 71.3 Å². The molecule has 0 aliphatic heterocycles. The molecule has 242 valence electrons. The van der Waals surface area contributed by atoms with E-state index < -0.39 is 0 Å².